The fourth-order valence-electron chi connectivity index (χ4n) is 2.98. The van der Waals surface area contributed by atoms with E-state index in [2.05, 4.69) is 5.32 Å². The number of carbonyl (C=O) groups is 2. The Balaban J connectivity index is 1.75. The number of nitrogens with one attached hydrogen (secondary N) is 1. The number of aryl methyl sites for hydroxylation is 1. The number of anilines is 2. The number of nitrogens with two attached hydrogens (primary N) is 1. The Bertz CT molecular complexity index is 593. The van der Waals surface area contributed by atoms with Gasteiger partial charge in [0.2, 0.25) is 11.8 Å². The van der Waals surface area contributed by atoms with Gasteiger partial charge >= 0.3 is 0 Å². The number of hydrogen-bond acceptors (Lipinski definition) is 3. The van der Waals surface area contributed by atoms with Crippen LogP contribution in [0.25, 0.3) is 0 Å². The lowest BCUT2D eigenvalue weighted by Crippen LogP contribution is -2.56. The van der Waals surface area contributed by atoms with E-state index in [1.807, 2.05) is 30.0 Å². The van der Waals surface area contributed by atoms with Gasteiger partial charge in [-0.25, -0.2) is 0 Å². The van der Waals surface area contributed by atoms with Crippen molar-refractivity contribution in [3.05, 3.63) is 23.8 Å². The van der Waals surface area contributed by atoms with Crippen LogP contribution in [0.4, 0.5) is 11.4 Å². The SMILES string of the molecule is Cc1cc(NC(=O)C2(N)CCC2)ccc1N1CCCC1=O. The minimum Gasteiger partial charge on any atom is -0.324 e. The van der Waals surface area contributed by atoms with Crippen LogP contribution in [-0.2, 0) is 9.59 Å². The molecule has 21 heavy (non-hydrogen) atoms. The monoisotopic (exact) mass is 287 g/mol. The first-order valence-corrected chi connectivity index (χ1v) is 7.51. The first kappa shape index (κ1) is 14.1. The van der Waals surface area contributed by atoms with Crippen LogP contribution >= 0.6 is 0 Å². The molecule has 1 aliphatic heterocycles. The van der Waals surface area contributed by atoms with Crippen molar-refractivity contribution < 1.29 is 9.59 Å². The van der Waals surface area contributed by atoms with Crippen LogP contribution in [0.15, 0.2) is 18.2 Å². The minimum absolute atomic E-state index is 0.113. The molecule has 1 aliphatic carbocycles. The maximum absolute atomic E-state index is 12.1. The lowest BCUT2D eigenvalue weighted by atomic mass is 9.77. The summed E-state index contributed by atoms with van der Waals surface area (Å²) in [6, 6.07) is 5.65. The average Bonchev–Trinajstić information content (AvgIpc) is 2.82. The maximum Gasteiger partial charge on any atom is 0.244 e. The second-order valence-electron chi connectivity index (χ2n) is 6.11. The fraction of sp³-hybridized carbons (Fsp3) is 0.500. The van der Waals surface area contributed by atoms with Crippen LogP contribution < -0.4 is 16.0 Å². The summed E-state index contributed by atoms with van der Waals surface area (Å²) in [7, 11) is 0. The van der Waals surface area contributed by atoms with Gasteiger partial charge in [-0.2, -0.15) is 0 Å². The molecule has 5 heteroatoms. The normalized spacial score (nSPS) is 20.3. The molecule has 0 spiro atoms. The van der Waals surface area contributed by atoms with Crippen molar-refractivity contribution in [2.45, 2.75) is 44.6 Å². The maximum atomic E-state index is 12.1. The molecule has 0 unspecified atom stereocenters. The van der Waals surface area contributed by atoms with Crippen molar-refractivity contribution >= 4 is 23.2 Å². The van der Waals surface area contributed by atoms with Gasteiger partial charge in [0.05, 0.1) is 5.54 Å². The third-order valence-corrected chi connectivity index (χ3v) is 4.52. The van der Waals surface area contributed by atoms with Gasteiger partial charge in [-0.1, -0.05) is 0 Å². The van der Waals surface area contributed by atoms with Crippen molar-refractivity contribution in [1.82, 2.24) is 0 Å². The Morgan fingerprint density at radius 2 is 2.10 bits per heavy atom. The van der Waals surface area contributed by atoms with Crippen LogP contribution in [0.5, 0.6) is 0 Å². The van der Waals surface area contributed by atoms with E-state index in [1.54, 1.807) is 0 Å². The molecular formula is C16H21N3O2. The number of carbonyl (C=O) groups excluding carboxylic acids is 2. The first-order chi connectivity index (χ1) is 9.99. The van der Waals surface area contributed by atoms with Gasteiger partial charge in [-0.15, -0.1) is 0 Å². The highest BCUT2D eigenvalue weighted by Gasteiger charge is 2.40. The summed E-state index contributed by atoms with van der Waals surface area (Å²) in [5, 5.41) is 2.89. The van der Waals surface area contributed by atoms with Gasteiger partial charge in [-0.05, 0) is 56.4 Å². The predicted octanol–water partition coefficient (Wildman–Crippen LogP) is 1.94. The summed E-state index contributed by atoms with van der Waals surface area (Å²) < 4.78 is 0. The summed E-state index contributed by atoms with van der Waals surface area (Å²) in [5.41, 5.74) is 7.98. The first-order valence-electron chi connectivity index (χ1n) is 7.51. The lowest BCUT2D eigenvalue weighted by molar-refractivity contribution is -0.123. The number of rotatable bonds is 3. The molecule has 1 saturated heterocycles. The van der Waals surface area contributed by atoms with Crippen LogP contribution in [0.3, 0.4) is 0 Å². The average molecular weight is 287 g/mol. The largest absolute Gasteiger partial charge is 0.324 e. The molecule has 1 heterocycles. The highest BCUT2D eigenvalue weighted by molar-refractivity contribution is 6.00. The topological polar surface area (TPSA) is 75.4 Å². The van der Waals surface area contributed by atoms with E-state index in [1.165, 1.54) is 0 Å². The summed E-state index contributed by atoms with van der Waals surface area (Å²) in [5.74, 6) is 0.0587. The number of benzene rings is 1. The van der Waals surface area contributed by atoms with Gasteiger partial charge in [0.1, 0.15) is 0 Å². The van der Waals surface area contributed by atoms with Gasteiger partial charge in [-0.3, -0.25) is 9.59 Å². The Morgan fingerprint density at radius 1 is 1.33 bits per heavy atom. The Hall–Kier alpha value is -1.88. The standard InChI is InChI=1S/C16H21N3O2/c1-11-10-12(18-15(21)16(17)7-3-8-16)5-6-13(11)19-9-2-4-14(19)20/h5-6,10H,2-4,7-9,17H2,1H3,(H,18,21). The van der Waals surface area contributed by atoms with Crippen LogP contribution in [-0.4, -0.2) is 23.9 Å². The molecule has 1 saturated carbocycles. The summed E-state index contributed by atoms with van der Waals surface area (Å²) in [6.45, 7) is 2.73. The smallest absolute Gasteiger partial charge is 0.244 e. The summed E-state index contributed by atoms with van der Waals surface area (Å²) in [4.78, 5) is 25.7. The third-order valence-electron chi connectivity index (χ3n) is 4.52. The van der Waals surface area contributed by atoms with E-state index >= 15 is 0 Å². The molecule has 2 amide bonds. The van der Waals surface area contributed by atoms with Crippen molar-refractivity contribution in [1.29, 1.82) is 0 Å². The van der Waals surface area contributed by atoms with Crippen LogP contribution in [0, 0.1) is 6.92 Å². The summed E-state index contributed by atoms with van der Waals surface area (Å²) in [6.07, 6.45) is 4.04. The molecule has 0 radical (unpaired) electrons. The van der Waals surface area contributed by atoms with E-state index in [-0.39, 0.29) is 11.8 Å². The van der Waals surface area contributed by atoms with Gasteiger partial charge in [0.25, 0.3) is 0 Å². The fourth-order valence-corrected chi connectivity index (χ4v) is 2.98. The van der Waals surface area contributed by atoms with Crippen molar-refractivity contribution in [2.24, 2.45) is 5.73 Å². The Kier molecular flexibility index (Phi) is 3.45. The minimum atomic E-state index is -0.697. The van der Waals surface area contributed by atoms with Crippen molar-refractivity contribution in [3.8, 4) is 0 Å². The molecule has 112 valence electrons. The zero-order chi connectivity index (χ0) is 15.0. The second-order valence-corrected chi connectivity index (χ2v) is 6.11. The Morgan fingerprint density at radius 3 is 2.62 bits per heavy atom. The van der Waals surface area contributed by atoms with Gasteiger partial charge in [0, 0.05) is 24.3 Å². The molecule has 3 rings (SSSR count). The zero-order valence-electron chi connectivity index (χ0n) is 12.3. The predicted molar refractivity (Wildman–Crippen MR) is 82.2 cm³/mol. The van der Waals surface area contributed by atoms with Gasteiger partial charge < -0.3 is 16.0 Å². The van der Waals surface area contributed by atoms with E-state index in [0.717, 1.165) is 49.2 Å². The molecule has 0 aromatic heterocycles. The number of amides is 2. The molecule has 5 nitrogen and oxygen atoms in total. The Labute approximate surface area is 124 Å². The molecule has 1 aromatic carbocycles. The van der Waals surface area contributed by atoms with Crippen LogP contribution in [0.2, 0.25) is 0 Å². The molecule has 2 fully saturated rings. The van der Waals surface area contributed by atoms with E-state index in [0.29, 0.717) is 6.42 Å². The van der Waals surface area contributed by atoms with Crippen LogP contribution in [0.1, 0.15) is 37.7 Å². The zero-order valence-corrected chi connectivity index (χ0v) is 12.3. The van der Waals surface area contributed by atoms with Gasteiger partial charge in [0.15, 0.2) is 0 Å². The van der Waals surface area contributed by atoms with Crippen molar-refractivity contribution in [3.63, 3.8) is 0 Å². The van der Waals surface area contributed by atoms with E-state index < -0.39 is 5.54 Å². The van der Waals surface area contributed by atoms with E-state index in [4.69, 9.17) is 5.73 Å². The lowest BCUT2D eigenvalue weighted by Gasteiger charge is -2.36. The summed E-state index contributed by atoms with van der Waals surface area (Å²) >= 11 is 0. The molecular weight excluding hydrogens is 266 g/mol. The molecule has 0 atom stereocenters. The molecule has 3 N–H and O–H groups in total. The molecule has 2 aliphatic rings. The van der Waals surface area contributed by atoms with Crippen molar-refractivity contribution in [2.75, 3.05) is 16.8 Å². The quantitative estimate of drug-likeness (QED) is 0.892. The highest BCUT2D eigenvalue weighted by Crippen LogP contribution is 2.31. The molecule has 1 aromatic rings. The number of hydrogen-bond donors (Lipinski definition) is 2. The second kappa shape index (κ2) is 5.15. The molecule has 0 bridgehead atoms. The number of nitrogens with zero attached hydrogens (tertiary/aromatic N) is 1. The highest BCUT2D eigenvalue weighted by atomic mass is 16.2. The van der Waals surface area contributed by atoms with E-state index in [9.17, 15) is 9.59 Å². The third kappa shape index (κ3) is 2.53.